The van der Waals surface area contributed by atoms with Gasteiger partial charge in [-0.05, 0) is 191 Å². The van der Waals surface area contributed by atoms with E-state index < -0.39 is 0 Å². The first-order valence-corrected chi connectivity index (χ1v) is 28.2. The predicted molar refractivity (Wildman–Crippen MR) is 338 cm³/mol. The van der Waals surface area contributed by atoms with Crippen LogP contribution in [-0.4, -0.2) is 4.40 Å². The van der Waals surface area contributed by atoms with Crippen molar-refractivity contribution in [3.05, 3.63) is 221 Å². The van der Waals surface area contributed by atoms with Crippen LogP contribution in [0.4, 0.5) is 34.1 Å². The van der Waals surface area contributed by atoms with E-state index in [0.717, 1.165) is 34.1 Å². The smallest absolute Gasteiger partial charge is 0.0624 e. The maximum atomic E-state index is 2.61. The summed E-state index contributed by atoms with van der Waals surface area (Å²) < 4.78 is 2.61. The number of fused-ring (bicyclic) bond motifs is 12. The van der Waals surface area contributed by atoms with Crippen molar-refractivity contribution in [3.8, 4) is 11.1 Å². The molecule has 0 aliphatic heterocycles. The van der Waals surface area contributed by atoms with Gasteiger partial charge in [0, 0.05) is 61.1 Å². The van der Waals surface area contributed by atoms with Gasteiger partial charge < -0.3 is 14.2 Å². The molecule has 2 heterocycles. The first-order valence-electron chi connectivity index (χ1n) is 28.2. The molecule has 78 heavy (non-hydrogen) atoms. The molecule has 0 bridgehead atoms. The molecule has 388 valence electrons. The van der Waals surface area contributed by atoms with Gasteiger partial charge in [0.2, 0.25) is 0 Å². The molecule has 1 aliphatic rings. The Morgan fingerprint density at radius 1 is 0.333 bits per heavy atom. The lowest BCUT2D eigenvalue weighted by Gasteiger charge is -2.28. The topological polar surface area (TPSA) is 10.9 Å². The van der Waals surface area contributed by atoms with E-state index in [-0.39, 0.29) is 27.1 Å². The van der Waals surface area contributed by atoms with Gasteiger partial charge in [-0.3, -0.25) is 0 Å². The number of aromatic nitrogens is 1. The van der Waals surface area contributed by atoms with E-state index >= 15 is 0 Å². The summed E-state index contributed by atoms with van der Waals surface area (Å²) in [6.45, 7) is 32.3. The van der Waals surface area contributed by atoms with E-state index in [2.05, 4.69) is 299 Å². The Bertz CT molecular complexity index is 4210. The van der Waals surface area contributed by atoms with Crippen molar-refractivity contribution in [3.63, 3.8) is 0 Å². The van der Waals surface area contributed by atoms with Crippen LogP contribution >= 0.6 is 0 Å². The van der Waals surface area contributed by atoms with E-state index in [9.17, 15) is 0 Å². The number of hydrogen-bond acceptors (Lipinski definition) is 2. The van der Waals surface area contributed by atoms with Crippen molar-refractivity contribution in [1.82, 2.24) is 4.40 Å². The molecule has 0 N–H and O–H groups in total. The molecule has 0 radical (unpaired) electrons. The number of rotatable bonds is 6. The van der Waals surface area contributed by atoms with E-state index in [1.165, 1.54) is 104 Å². The molecule has 13 rings (SSSR count). The van der Waals surface area contributed by atoms with Crippen molar-refractivity contribution >= 4 is 93.8 Å². The highest BCUT2D eigenvalue weighted by atomic mass is 15.1. The second-order valence-electron chi connectivity index (χ2n) is 27.2. The monoisotopic (exact) mass is 1020 g/mol. The highest BCUT2D eigenvalue weighted by Crippen LogP contribution is 2.56. The largest absolute Gasteiger partial charge is 0.310 e. The van der Waals surface area contributed by atoms with Crippen molar-refractivity contribution in [2.75, 3.05) is 9.80 Å². The number of benzene rings is 10. The first kappa shape index (κ1) is 49.7. The molecule has 0 fully saturated rings. The van der Waals surface area contributed by atoms with Gasteiger partial charge in [0.05, 0.1) is 16.6 Å². The van der Waals surface area contributed by atoms with Crippen molar-refractivity contribution in [1.29, 1.82) is 0 Å². The molecular formula is C75H73N3. The zero-order chi connectivity index (χ0) is 54.6. The zero-order valence-corrected chi connectivity index (χ0v) is 48.2. The summed E-state index contributed by atoms with van der Waals surface area (Å²) in [6, 6.07) is 72.5. The number of hydrogen-bond donors (Lipinski definition) is 0. The summed E-state index contributed by atoms with van der Waals surface area (Å²) >= 11 is 0. The first-order chi connectivity index (χ1) is 36.9. The molecule has 0 unspecified atom stereocenters. The van der Waals surface area contributed by atoms with Crippen molar-refractivity contribution in [2.45, 2.75) is 124 Å². The molecule has 1 aliphatic carbocycles. The Labute approximate surface area is 462 Å². The molecule has 10 aromatic carbocycles. The van der Waals surface area contributed by atoms with E-state index in [4.69, 9.17) is 0 Å². The van der Waals surface area contributed by atoms with Gasteiger partial charge in [-0.15, -0.1) is 0 Å². The third kappa shape index (κ3) is 7.90. The van der Waals surface area contributed by atoms with Crippen LogP contribution in [0.1, 0.15) is 130 Å². The van der Waals surface area contributed by atoms with E-state index in [1.54, 1.807) is 0 Å². The standard InChI is InChI=1S/C75H73N3/c1-71(2,3)50-21-31-54(32-22-50)76(55-33-23-51(24-34-55)72(4,5)6)58-29-19-46-43-66-61(41-48(46)39-58)63-45-62-60-17-15-16-18-65(60)75(13,14)69(62)68-64-42-49-40-59(30-20-47(49)44-67(64)78(66)70(63)68)77(56-35-25-52(26-36-56)73(7,8)9)57-37-27-53(28-38-57)74(10,11)12/h15-45H,1-14H3. The highest BCUT2D eigenvalue weighted by Gasteiger charge is 2.39. The van der Waals surface area contributed by atoms with E-state index in [1.807, 2.05) is 0 Å². The summed E-state index contributed by atoms with van der Waals surface area (Å²) in [5.74, 6) is 0. The molecule has 2 aromatic heterocycles. The minimum atomic E-state index is -0.205. The maximum Gasteiger partial charge on any atom is 0.0624 e. The van der Waals surface area contributed by atoms with Gasteiger partial charge in [-0.25, -0.2) is 0 Å². The molecule has 0 spiro atoms. The average molecular weight is 1020 g/mol. The van der Waals surface area contributed by atoms with Gasteiger partial charge in [0.15, 0.2) is 0 Å². The van der Waals surface area contributed by atoms with Crippen LogP contribution < -0.4 is 9.80 Å². The van der Waals surface area contributed by atoms with Gasteiger partial charge >= 0.3 is 0 Å². The fourth-order valence-corrected chi connectivity index (χ4v) is 12.9. The average Bonchev–Trinajstić information content (AvgIpc) is 3.24. The minimum absolute atomic E-state index is 0.0579. The second-order valence-corrected chi connectivity index (χ2v) is 27.2. The van der Waals surface area contributed by atoms with Crippen LogP contribution in [-0.2, 0) is 27.1 Å². The van der Waals surface area contributed by atoms with Crippen LogP contribution in [0.15, 0.2) is 188 Å². The fraction of sp³-hybridized carbons (Fsp3) is 0.253. The number of nitrogens with zero attached hydrogens (tertiary/aromatic N) is 3. The third-order valence-corrected chi connectivity index (χ3v) is 17.4. The molecule has 0 saturated heterocycles. The molecule has 3 nitrogen and oxygen atoms in total. The summed E-state index contributed by atoms with van der Waals surface area (Å²) in [4.78, 5) is 4.86. The van der Waals surface area contributed by atoms with Gasteiger partial charge in [-0.2, -0.15) is 0 Å². The van der Waals surface area contributed by atoms with Crippen LogP contribution in [0, 0.1) is 0 Å². The van der Waals surface area contributed by atoms with E-state index in [0.29, 0.717) is 0 Å². The second kappa shape index (κ2) is 17.1. The lowest BCUT2D eigenvalue weighted by Crippen LogP contribution is -2.15. The normalized spacial score (nSPS) is 13.9. The van der Waals surface area contributed by atoms with Crippen LogP contribution in [0.2, 0.25) is 0 Å². The predicted octanol–water partition coefficient (Wildman–Crippen LogP) is 21.6. The molecule has 0 atom stereocenters. The van der Waals surface area contributed by atoms with Gasteiger partial charge in [0.25, 0.3) is 0 Å². The molecule has 3 heteroatoms. The Morgan fingerprint density at radius 3 is 1.12 bits per heavy atom. The summed E-state index contributed by atoms with van der Waals surface area (Å²) in [6.07, 6.45) is 0. The molecule has 12 aromatic rings. The van der Waals surface area contributed by atoms with Crippen LogP contribution in [0.5, 0.6) is 0 Å². The zero-order valence-electron chi connectivity index (χ0n) is 48.2. The summed E-state index contributed by atoms with van der Waals surface area (Å²) in [5.41, 5.74) is 21.5. The SMILES string of the molecule is CC(C)(C)c1ccc(N(c2ccc(C(C)(C)C)cc2)c2ccc3cc4c(cc3c2)c2cc3c(c5c6cc7cc(N(c8ccc(C(C)(C)C)cc8)c8ccc(C(C)(C)C)cc8)ccc7cc6n4c25)C(C)(C)c2ccccc2-3)cc1. The fourth-order valence-electron chi connectivity index (χ4n) is 12.9. The molecule has 0 saturated carbocycles. The Kier molecular flexibility index (Phi) is 10.9. The van der Waals surface area contributed by atoms with Crippen LogP contribution in [0.3, 0.4) is 0 Å². The van der Waals surface area contributed by atoms with Crippen LogP contribution in [0.25, 0.3) is 70.8 Å². The van der Waals surface area contributed by atoms with Crippen molar-refractivity contribution in [2.24, 2.45) is 0 Å². The van der Waals surface area contributed by atoms with Crippen molar-refractivity contribution < 1.29 is 0 Å². The Hall–Kier alpha value is -7.88. The molecular weight excluding hydrogens is 943 g/mol. The lowest BCUT2D eigenvalue weighted by molar-refractivity contribution is 0.590. The quantitative estimate of drug-likeness (QED) is 0.164. The Morgan fingerprint density at radius 2 is 0.705 bits per heavy atom. The third-order valence-electron chi connectivity index (χ3n) is 17.4. The Balaban J connectivity index is 1.02. The summed E-state index contributed by atoms with van der Waals surface area (Å²) in [7, 11) is 0. The summed E-state index contributed by atoms with van der Waals surface area (Å²) in [5, 5.41) is 10.1. The van der Waals surface area contributed by atoms with Gasteiger partial charge in [-0.1, -0.05) is 182 Å². The minimum Gasteiger partial charge on any atom is -0.310 e. The maximum absolute atomic E-state index is 2.61. The number of anilines is 6. The highest BCUT2D eigenvalue weighted by molar-refractivity contribution is 6.29. The van der Waals surface area contributed by atoms with Gasteiger partial charge in [0.1, 0.15) is 0 Å². The lowest BCUT2D eigenvalue weighted by atomic mass is 9.80. The molecule has 0 amide bonds.